The molecule has 0 radical (unpaired) electrons. The van der Waals surface area contributed by atoms with Gasteiger partial charge >= 0.3 is 0 Å². The van der Waals surface area contributed by atoms with Crippen molar-refractivity contribution >= 4 is 12.4 Å². The summed E-state index contributed by atoms with van der Waals surface area (Å²) in [4.78, 5) is 2.01. The summed E-state index contributed by atoms with van der Waals surface area (Å²) in [6, 6.07) is 17.3. The average Bonchev–Trinajstić information content (AvgIpc) is 2.61. The minimum atomic E-state index is -0.662. The fourth-order valence-corrected chi connectivity index (χ4v) is 2.49. The van der Waals surface area contributed by atoms with Crippen LogP contribution in [-0.2, 0) is 6.54 Å². The minimum absolute atomic E-state index is 0. The third-order valence-electron chi connectivity index (χ3n) is 3.63. The van der Waals surface area contributed by atoms with Gasteiger partial charge in [0.2, 0.25) is 0 Å². The summed E-state index contributed by atoms with van der Waals surface area (Å²) in [5.74, 6) is 1.25. The molecule has 2 aromatic rings. The highest BCUT2D eigenvalue weighted by molar-refractivity contribution is 5.85. The molecule has 5 nitrogen and oxygen atoms in total. The molecule has 6 heteroatoms. The molecular weight excluding hydrogens is 342 g/mol. The third-order valence-corrected chi connectivity index (χ3v) is 3.63. The van der Waals surface area contributed by atoms with E-state index in [4.69, 9.17) is 9.47 Å². The second-order valence-corrected chi connectivity index (χ2v) is 5.56. The average molecular weight is 368 g/mol. The molecule has 25 heavy (non-hydrogen) atoms. The molecule has 0 bridgehead atoms. The number of methoxy groups -OCH3 is 1. The number of hydrogen-bond acceptors (Lipinski definition) is 5. The maximum Gasteiger partial charge on any atom is 0.161 e. The molecule has 2 rings (SSSR count). The predicted molar refractivity (Wildman–Crippen MR) is 101 cm³/mol. The number of para-hydroxylation sites is 2. The van der Waals surface area contributed by atoms with Crippen LogP contribution in [0, 0.1) is 0 Å². The van der Waals surface area contributed by atoms with Gasteiger partial charge in [-0.25, -0.2) is 0 Å². The van der Waals surface area contributed by atoms with E-state index in [-0.39, 0.29) is 25.6 Å². The molecule has 2 aromatic carbocycles. The van der Waals surface area contributed by atoms with Gasteiger partial charge in [0.05, 0.1) is 13.7 Å². The van der Waals surface area contributed by atoms with Gasteiger partial charge in [0.25, 0.3) is 0 Å². The zero-order valence-corrected chi connectivity index (χ0v) is 15.2. The zero-order valence-electron chi connectivity index (χ0n) is 14.4. The van der Waals surface area contributed by atoms with Crippen LogP contribution in [-0.4, -0.2) is 54.6 Å². The summed E-state index contributed by atoms with van der Waals surface area (Å²) in [7, 11) is 1.58. The number of benzene rings is 2. The van der Waals surface area contributed by atoms with E-state index in [0.717, 1.165) is 5.56 Å². The van der Waals surface area contributed by atoms with Crippen LogP contribution in [0.5, 0.6) is 11.5 Å². The van der Waals surface area contributed by atoms with E-state index in [1.807, 2.05) is 53.4 Å². The summed E-state index contributed by atoms with van der Waals surface area (Å²) < 4.78 is 10.9. The first-order chi connectivity index (χ1) is 11.7. The Labute approximate surface area is 155 Å². The van der Waals surface area contributed by atoms with E-state index in [1.165, 1.54) is 0 Å². The van der Waals surface area contributed by atoms with Gasteiger partial charge in [0.1, 0.15) is 12.7 Å². The molecule has 0 aliphatic rings. The molecule has 0 fully saturated rings. The van der Waals surface area contributed by atoms with Crippen LogP contribution in [0.3, 0.4) is 0 Å². The van der Waals surface area contributed by atoms with Crippen molar-refractivity contribution in [2.75, 3.05) is 33.4 Å². The molecule has 0 aromatic heterocycles. The lowest BCUT2D eigenvalue weighted by atomic mass is 10.2. The third kappa shape index (κ3) is 7.32. The standard InChI is InChI=1S/C19H25NO4.ClH/c1-23-18-9-5-6-10-19(18)24-15-17(22)14-20(11-12-21)13-16-7-3-2-4-8-16;/h2-10,17,21-22H,11-15H2,1H3;1H. The van der Waals surface area contributed by atoms with Gasteiger partial charge in [-0.2, -0.15) is 0 Å². The van der Waals surface area contributed by atoms with Crippen molar-refractivity contribution in [2.45, 2.75) is 12.6 Å². The molecule has 2 N–H and O–H groups in total. The lowest BCUT2D eigenvalue weighted by Crippen LogP contribution is -2.37. The highest BCUT2D eigenvalue weighted by Gasteiger charge is 2.14. The number of aliphatic hydroxyl groups is 2. The number of nitrogens with zero attached hydrogens (tertiary/aromatic N) is 1. The van der Waals surface area contributed by atoms with Crippen LogP contribution in [0.2, 0.25) is 0 Å². The summed E-state index contributed by atoms with van der Waals surface area (Å²) >= 11 is 0. The summed E-state index contributed by atoms with van der Waals surface area (Å²) in [5, 5.41) is 19.5. The van der Waals surface area contributed by atoms with Crippen molar-refractivity contribution in [2.24, 2.45) is 0 Å². The molecule has 0 saturated heterocycles. The van der Waals surface area contributed by atoms with Crippen LogP contribution < -0.4 is 9.47 Å². The molecule has 0 spiro atoms. The molecule has 0 heterocycles. The van der Waals surface area contributed by atoms with Crippen LogP contribution in [0.4, 0.5) is 0 Å². The Kier molecular flexibility index (Phi) is 9.96. The fourth-order valence-electron chi connectivity index (χ4n) is 2.49. The molecule has 1 unspecified atom stereocenters. The van der Waals surface area contributed by atoms with Crippen LogP contribution in [0.1, 0.15) is 5.56 Å². The number of halogens is 1. The van der Waals surface area contributed by atoms with Crippen molar-refractivity contribution in [1.29, 1.82) is 0 Å². The van der Waals surface area contributed by atoms with Crippen molar-refractivity contribution in [3.8, 4) is 11.5 Å². The van der Waals surface area contributed by atoms with Crippen LogP contribution in [0.15, 0.2) is 54.6 Å². The first-order valence-electron chi connectivity index (χ1n) is 8.04. The predicted octanol–water partition coefficient (Wildman–Crippen LogP) is 2.35. The van der Waals surface area contributed by atoms with Crippen LogP contribution >= 0.6 is 12.4 Å². The Balaban J connectivity index is 0.00000312. The minimum Gasteiger partial charge on any atom is -0.493 e. The van der Waals surface area contributed by atoms with E-state index < -0.39 is 6.10 Å². The Morgan fingerprint density at radius 3 is 2.28 bits per heavy atom. The van der Waals surface area contributed by atoms with Gasteiger partial charge in [-0.1, -0.05) is 42.5 Å². The van der Waals surface area contributed by atoms with Crippen molar-refractivity contribution in [3.05, 3.63) is 60.2 Å². The highest BCUT2D eigenvalue weighted by atomic mass is 35.5. The van der Waals surface area contributed by atoms with Gasteiger partial charge in [0.15, 0.2) is 11.5 Å². The first-order valence-corrected chi connectivity index (χ1v) is 8.04. The topological polar surface area (TPSA) is 62.2 Å². The van der Waals surface area contributed by atoms with Crippen molar-refractivity contribution < 1.29 is 19.7 Å². The lowest BCUT2D eigenvalue weighted by molar-refractivity contribution is 0.0582. The van der Waals surface area contributed by atoms with E-state index >= 15 is 0 Å². The molecular formula is C19H26ClNO4. The first kappa shape index (κ1) is 21.3. The van der Waals surface area contributed by atoms with Crippen molar-refractivity contribution in [3.63, 3.8) is 0 Å². The Morgan fingerprint density at radius 1 is 1.00 bits per heavy atom. The van der Waals surface area contributed by atoms with Gasteiger partial charge in [-0.3, -0.25) is 4.90 Å². The Morgan fingerprint density at radius 2 is 1.64 bits per heavy atom. The number of hydrogen-bond donors (Lipinski definition) is 2. The monoisotopic (exact) mass is 367 g/mol. The van der Waals surface area contributed by atoms with Gasteiger partial charge in [-0.15, -0.1) is 12.4 Å². The van der Waals surface area contributed by atoms with E-state index in [9.17, 15) is 10.2 Å². The normalized spacial score (nSPS) is 11.7. The zero-order chi connectivity index (χ0) is 17.2. The largest absolute Gasteiger partial charge is 0.493 e. The lowest BCUT2D eigenvalue weighted by Gasteiger charge is -2.24. The second-order valence-electron chi connectivity index (χ2n) is 5.56. The molecule has 138 valence electrons. The quantitative estimate of drug-likeness (QED) is 0.675. The molecule has 0 amide bonds. The van der Waals surface area contributed by atoms with Gasteiger partial charge < -0.3 is 19.7 Å². The highest BCUT2D eigenvalue weighted by Crippen LogP contribution is 2.25. The molecule has 0 saturated carbocycles. The summed E-state index contributed by atoms with van der Waals surface area (Å²) in [5.41, 5.74) is 1.14. The van der Waals surface area contributed by atoms with E-state index in [2.05, 4.69) is 0 Å². The Bertz CT molecular complexity index is 597. The maximum absolute atomic E-state index is 10.3. The Hall–Kier alpha value is -1.79. The van der Waals surface area contributed by atoms with Gasteiger partial charge in [-0.05, 0) is 17.7 Å². The summed E-state index contributed by atoms with van der Waals surface area (Å²) in [6.07, 6.45) is -0.662. The van der Waals surface area contributed by atoms with E-state index in [0.29, 0.717) is 31.1 Å². The number of ether oxygens (including phenoxy) is 2. The van der Waals surface area contributed by atoms with Crippen molar-refractivity contribution in [1.82, 2.24) is 4.90 Å². The number of rotatable bonds is 10. The number of aliphatic hydroxyl groups excluding tert-OH is 2. The summed E-state index contributed by atoms with van der Waals surface area (Å²) in [6.45, 7) is 1.81. The molecule has 1 atom stereocenters. The van der Waals surface area contributed by atoms with E-state index in [1.54, 1.807) is 13.2 Å². The fraction of sp³-hybridized carbons (Fsp3) is 0.368. The SMILES string of the molecule is COc1ccccc1OCC(O)CN(CCO)Cc1ccccc1.Cl. The van der Waals surface area contributed by atoms with Gasteiger partial charge in [0, 0.05) is 19.6 Å². The molecule has 0 aliphatic carbocycles. The smallest absolute Gasteiger partial charge is 0.161 e. The molecule has 0 aliphatic heterocycles. The second kappa shape index (κ2) is 11.7. The van der Waals surface area contributed by atoms with Crippen LogP contribution in [0.25, 0.3) is 0 Å². The maximum atomic E-state index is 10.3.